The van der Waals surface area contributed by atoms with Crippen molar-refractivity contribution < 1.29 is 9.59 Å². The Morgan fingerprint density at radius 2 is 1.86 bits per heavy atom. The minimum absolute atomic E-state index is 0.173. The van der Waals surface area contributed by atoms with Crippen molar-refractivity contribution in [1.29, 1.82) is 0 Å². The van der Waals surface area contributed by atoms with E-state index in [1.54, 1.807) is 0 Å². The molecule has 1 aromatic rings. The fraction of sp³-hybridized carbons (Fsp3) is 0.500. The molecule has 0 aliphatic carbocycles. The van der Waals surface area contributed by atoms with Crippen LogP contribution in [0.3, 0.4) is 0 Å². The molecule has 0 aromatic heterocycles. The van der Waals surface area contributed by atoms with Crippen molar-refractivity contribution in [3.05, 3.63) is 35.4 Å². The Kier molecular flexibility index (Phi) is 4.63. The normalized spacial score (nSPS) is 21.8. The molecule has 0 radical (unpaired) electrons. The van der Waals surface area contributed by atoms with E-state index in [1.165, 1.54) is 10.5 Å². The van der Waals surface area contributed by atoms with E-state index in [9.17, 15) is 9.59 Å². The zero-order chi connectivity index (χ0) is 15.5. The first-order valence-corrected chi connectivity index (χ1v) is 7.52. The number of imide groups is 1. The van der Waals surface area contributed by atoms with Crippen LogP contribution in [0.25, 0.3) is 0 Å². The number of carbonyl (C=O) groups is 2. The number of aryl methyl sites for hydroxylation is 1. The Balaban J connectivity index is 2.32. The van der Waals surface area contributed by atoms with Crippen molar-refractivity contribution in [2.24, 2.45) is 5.73 Å². The zero-order valence-corrected chi connectivity index (χ0v) is 12.7. The molecular formula is C16H23N3O2. The van der Waals surface area contributed by atoms with E-state index in [0.717, 1.165) is 12.0 Å². The molecule has 21 heavy (non-hydrogen) atoms. The third-order valence-electron chi connectivity index (χ3n) is 4.15. The molecule has 114 valence electrons. The number of rotatable bonds is 6. The van der Waals surface area contributed by atoms with Gasteiger partial charge in [0.05, 0.1) is 0 Å². The number of benzene rings is 1. The summed E-state index contributed by atoms with van der Waals surface area (Å²) in [7, 11) is 0. The molecule has 1 fully saturated rings. The van der Waals surface area contributed by atoms with Gasteiger partial charge in [0, 0.05) is 6.54 Å². The van der Waals surface area contributed by atoms with Crippen molar-refractivity contribution >= 4 is 11.9 Å². The van der Waals surface area contributed by atoms with Crippen LogP contribution in [0.5, 0.6) is 0 Å². The first-order chi connectivity index (χ1) is 10.1. The summed E-state index contributed by atoms with van der Waals surface area (Å²) in [6, 6.07) is 7.57. The molecule has 5 heteroatoms. The van der Waals surface area contributed by atoms with Crippen LogP contribution in [0.4, 0.5) is 4.79 Å². The van der Waals surface area contributed by atoms with Gasteiger partial charge in [0.25, 0.3) is 5.91 Å². The monoisotopic (exact) mass is 289 g/mol. The highest BCUT2D eigenvalue weighted by Gasteiger charge is 2.50. The van der Waals surface area contributed by atoms with Crippen LogP contribution < -0.4 is 11.1 Å². The standard InChI is InChI=1S/C16H23N3O2/c1-3-12-6-8-13(9-7-12)16(4-2)14(20)19(11-5-10-17)15(21)18-16/h6-9H,3-5,10-11,17H2,1-2H3,(H,18,21). The highest BCUT2D eigenvalue weighted by atomic mass is 16.2. The summed E-state index contributed by atoms with van der Waals surface area (Å²) in [5.41, 5.74) is 6.59. The van der Waals surface area contributed by atoms with Crippen LogP contribution in [0.1, 0.15) is 37.8 Å². The summed E-state index contributed by atoms with van der Waals surface area (Å²) in [6.07, 6.45) is 2.10. The molecule has 1 aromatic carbocycles. The molecule has 1 heterocycles. The van der Waals surface area contributed by atoms with Gasteiger partial charge < -0.3 is 11.1 Å². The van der Waals surface area contributed by atoms with E-state index in [4.69, 9.17) is 5.73 Å². The average molecular weight is 289 g/mol. The Labute approximate surface area is 125 Å². The first kappa shape index (κ1) is 15.5. The Morgan fingerprint density at radius 3 is 2.38 bits per heavy atom. The van der Waals surface area contributed by atoms with Crippen molar-refractivity contribution in [2.75, 3.05) is 13.1 Å². The second kappa shape index (κ2) is 6.26. The maximum absolute atomic E-state index is 12.7. The maximum atomic E-state index is 12.7. The summed E-state index contributed by atoms with van der Waals surface area (Å²) in [5, 5.41) is 2.88. The van der Waals surface area contributed by atoms with Gasteiger partial charge >= 0.3 is 6.03 Å². The number of hydrogen-bond acceptors (Lipinski definition) is 3. The lowest BCUT2D eigenvalue weighted by molar-refractivity contribution is -0.131. The van der Waals surface area contributed by atoms with Gasteiger partial charge in [0.2, 0.25) is 0 Å². The van der Waals surface area contributed by atoms with Crippen LogP contribution >= 0.6 is 0 Å². The van der Waals surface area contributed by atoms with E-state index >= 15 is 0 Å². The van der Waals surface area contributed by atoms with Crippen molar-refractivity contribution in [2.45, 2.75) is 38.6 Å². The van der Waals surface area contributed by atoms with Crippen LogP contribution in [-0.4, -0.2) is 29.9 Å². The third kappa shape index (κ3) is 2.65. The van der Waals surface area contributed by atoms with Gasteiger partial charge in [-0.1, -0.05) is 38.1 Å². The smallest absolute Gasteiger partial charge is 0.325 e. The SMILES string of the molecule is CCc1ccc(C2(CC)NC(=O)N(CCCN)C2=O)cc1. The molecule has 1 saturated heterocycles. The maximum Gasteiger partial charge on any atom is 0.325 e. The summed E-state index contributed by atoms with van der Waals surface area (Å²) in [5.74, 6) is -0.173. The average Bonchev–Trinajstić information content (AvgIpc) is 2.77. The number of hydrogen-bond donors (Lipinski definition) is 2. The second-order valence-electron chi connectivity index (χ2n) is 5.34. The third-order valence-corrected chi connectivity index (χ3v) is 4.15. The number of nitrogens with one attached hydrogen (secondary N) is 1. The lowest BCUT2D eigenvalue weighted by atomic mass is 9.86. The fourth-order valence-electron chi connectivity index (χ4n) is 2.74. The molecule has 1 unspecified atom stereocenters. The molecule has 1 aliphatic rings. The van der Waals surface area contributed by atoms with Gasteiger partial charge in [-0.05, 0) is 36.9 Å². The van der Waals surface area contributed by atoms with Crippen molar-refractivity contribution in [3.63, 3.8) is 0 Å². The lowest BCUT2D eigenvalue weighted by Gasteiger charge is -2.26. The predicted molar refractivity (Wildman–Crippen MR) is 81.7 cm³/mol. The van der Waals surface area contributed by atoms with E-state index in [1.807, 2.05) is 31.2 Å². The molecule has 3 N–H and O–H groups in total. The molecule has 1 atom stereocenters. The number of nitrogens with two attached hydrogens (primary N) is 1. The predicted octanol–water partition coefficient (Wildman–Crippen LogP) is 1.75. The topological polar surface area (TPSA) is 75.4 Å². The molecule has 0 bridgehead atoms. The highest BCUT2D eigenvalue weighted by molar-refractivity contribution is 6.07. The number of amides is 3. The van der Waals surface area contributed by atoms with Crippen molar-refractivity contribution in [3.8, 4) is 0 Å². The van der Waals surface area contributed by atoms with Crippen LogP contribution in [0, 0.1) is 0 Å². The van der Waals surface area contributed by atoms with Gasteiger partial charge in [-0.25, -0.2) is 4.79 Å². The largest absolute Gasteiger partial charge is 0.330 e. The van der Waals surface area contributed by atoms with Gasteiger partial charge in [0.1, 0.15) is 5.54 Å². The lowest BCUT2D eigenvalue weighted by Crippen LogP contribution is -2.43. The van der Waals surface area contributed by atoms with E-state index < -0.39 is 5.54 Å². The summed E-state index contributed by atoms with van der Waals surface area (Å²) < 4.78 is 0. The molecule has 5 nitrogen and oxygen atoms in total. The van der Waals surface area contributed by atoms with Crippen LogP contribution in [0.2, 0.25) is 0 Å². The van der Waals surface area contributed by atoms with Gasteiger partial charge in [0.15, 0.2) is 0 Å². The summed E-state index contributed by atoms with van der Waals surface area (Å²) in [6.45, 7) is 4.83. The van der Waals surface area contributed by atoms with E-state index in [-0.39, 0.29) is 11.9 Å². The van der Waals surface area contributed by atoms with Gasteiger partial charge in [-0.2, -0.15) is 0 Å². The van der Waals surface area contributed by atoms with E-state index in [0.29, 0.717) is 25.9 Å². The van der Waals surface area contributed by atoms with E-state index in [2.05, 4.69) is 12.2 Å². The number of carbonyl (C=O) groups excluding carboxylic acids is 2. The van der Waals surface area contributed by atoms with Gasteiger partial charge in [-0.15, -0.1) is 0 Å². The molecular weight excluding hydrogens is 266 g/mol. The van der Waals surface area contributed by atoms with Crippen LogP contribution in [0.15, 0.2) is 24.3 Å². The number of nitrogens with zero attached hydrogens (tertiary/aromatic N) is 1. The molecule has 0 saturated carbocycles. The second-order valence-corrected chi connectivity index (χ2v) is 5.34. The minimum Gasteiger partial charge on any atom is -0.330 e. The quantitative estimate of drug-likeness (QED) is 0.783. The summed E-state index contributed by atoms with van der Waals surface area (Å²) in [4.78, 5) is 26.1. The Hall–Kier alpha value is -1.88. The minimum atomic E-state index is -0.933. The molecule has 0 spiro atoms. The zero-order valence-electron chi connectivity index (χ0n) is 12.7. The molecule has 2 rings (SSSR count). The first-order valence-electron chi connectivity index (χ1n) is 7.52. The van der Waals surface area contributed by atoms with Crippen molar-refractivity contribution in [1.82, 2.24) is 10.2 Å². The Morgan fingerprint density at radius 1 is 1.19 bits per heavy atom. The highest BCUT2D eigenvalue weighted by Crippen LogP contribution is 2.32. The van der Waals surface area contributed by atoms with Crippen LogP contribution in [-0.2, 0) is 16.8 Å². The molecule has 1 aliphatic heterocycles. The number of urea groups is 1. The van der Waals surface area contributed by atoms with Gasteiger partial charge in [-0.3, -0.25) is 9.69 Å². The Bertz CT molecular complexity index is 527. The molecule has 3 amide bonds. The summed E-state index contributed by atoms with van der Waals surface area (Å²) >= 11 is 0. The fourth-order valence-corrected chi connectivity index (χ4v) is 2.74.